The van der Waals surface area contributed by atoms with E-state index in [1.165, 1.54) is 31.2 Å². The Bertz CT molecular complexity index is 852. The number of hydrogen-bond acceptors (Lipinski definition) is 5. The van der Waals surface area contributed by atoms with Crippen molar-refractivity contribution in [3.05, 3.63) is 34.9 Å². The lowest BCUT2D eigenvalue weighted by molar-refractivity contribution is -0.136. The predicted molar refractivity (Wildman–Crippen MR) is 107 cm³/mol. The third kappa shape index (κ3) is 3.36. The standard InChI is InChI=1S/C22H28N4O3/c27-20-9-8-19(21(28)24-20)26-13-16-14(4-3-5-15(16)22(26)29)12-25-11-10-23-17-6-1-2-7-18(17)25/h3-5,17-19,23H,1-2,6-13H2,(H,24,27,28). The van der Waals surface area contributed by atoms with Gasteiger partial charge in [-0.2, -0.15) is 0 Å². The zero-order valence-corrected chi connectivity index (χ0v) is 16.7. The van der Waals surface area contributed by atoms with Crippen LogP contribution in [0.15, 0.2) is 18.2 Å². The number of imide groups is 1. The molecular formula is C22H28N4O3. The average molecular weight is 396 g/mol. The Morgan fingerprint density at radius 3 is 2.79 bits per heavy atom. The van der Waals surface area contributed by atoms with Crippen LogP contribution in [0.2, 0.25) is 0 Å². The van der Waals surface area contributed by atoms with Crippen LogP contribution in [0.4, 0.5) is 0 Å². The first-order valence-electron chi connectivity index (χ1n) is 10.8. The fraction of sp³-hybridized carbons (Fsp3) is 0.591. The minimum absolute atomic E-state index is 0.0906. The number of rotatable bonds is 3. The maximum absolute atomic E-state index is 13.0. The first-order chi connectivity index (χ1) is 14.1. The lowest BCUT2D eigenvalue weighted by Gasteiger charge is -2.45. The molecule has 1 aromatic rings. The Balaban J connectivity index is 1.37. The number of hydrogen-bond donors (Lipinski definition) is 2. The summed E-state index contributed by atoms with van der Waals surface area (Å²) in [6.45, 7) is 3.34. The van der Waals surface area contributed by atoms with Crippen LogP contribution in [0, 0.1) is 0 Å². The molecule has 0 radical (unpaired) electrons. The van der Waals surface area contributed by atoms with E-state index in [1.54, 1.807) is 4.90 Å². The van der Waals surface area contributed by atoms with Crippen molar-refractivity contribution >= 4 is 17.7 Å². The number of fused-ring (bicyclic) bond motifs is 2. The van der Waals surface area contributed by atoms with Gasteiger partial charge in [0.2, 0.25) is 11.8 Å². The highest BCUT2D eigenvalue weighted by Crippen LogP contribution is 2.32. The van der Waals surface area contributed by atoms with Crippen molar-refractivity contribution in [3.8, 4) is 0 Å². The van der Waals surface area contributed by atoms with Gasteiger partial charge in [0.25, 0.3) is 5.91 Å². The van der Waals surface area contributed by atoms with Crippen LogP contribution >= 0.6 is 0 Å². The number of nitrogens with zero attached hydrogens (tertiary/aromatic N) is 2. The van der Waals surface area contributed by atoms with Crippen LogP contribution in [-0.2, 0) is 22.7 Å². The molecule has 154 valence electrons. The summed E-state index contributed by atoms with van der Waals surface area (Å²) in [5, 5.41) is 6.06. The number of carbonyl (C=O) groups is 3. The molecule has 5 rings (SSSR count). The van der Waals surface area contributed by atoms with Gasteiger partial charge >= 0.3 is 0 Å². The van der Waals surface area contributed by atoms with E-state index in [9.17, 15) is 14.4 Å². The number of piperidine rings is 1. The lowest BCUT2D eigenvalue weighted by Crippen LogP contribution is -2.58. The Labute approximate surface area is 170 Å². The first-order valence-corrected chi connectivity index (χ1v) is 10.8. The van der Waals surface area contributed by atoms with Crippen molar-refractivity contribution < 1.29 is 14.4 Å². The van der Waals surface area contributed by atoms with Crippen molar-refractivity contribution in [2.75, 3.05) is 13.1 Å². The predicted octanol–water partition coefficient (Wildman–Crippen LogP) is 1.16. The molecule has 1 saturated carbocycles. The zero-order valence-electron chi connectivity index (χ0n) is 16.7. The summed E-state index contributed by atoms with van der Waals surface area (Å²) in [6.07, 6.45) is 5.75. The van der Waals surface area contributed by atoms with Gasteiger partial charge in [-0.05, 0) is 36.5 Å². The highest BCUT2D eigenvalue weighted by molar-refractivity contribution is 6.05. The summed E-state index contributed by atoms with van der Waals surface area (Å²) in [5.41, 5.74) is 2.95. The summed E-state index contributed by atoms with van der Waals surface area (Å²) in [7, 11) is 0. The average Bonchev–Trinajstić information content (AvgIpc) is 3.06. The van der Waals surface area contributed by atoms with Gasteiger partial charge in [0, 0.05) is 50.2 Å². The van der Waals surface area contributed by atoms with Crippen molar-refractivity contribution in [3.63, 3.8) is 0 Å². The fourth-order valence-electron chi connectivity index (χ4n) is 5.56. The van der Waals surface area contributed by atoms with Gasteiger partial charge in [-0.3, -0.25) is 24.6 Å². The highest BCUT2D eigenvalue weighted by Gasteiger charge is 2.40. The number of benzene rings is 1. The summed E-state index contributed by atoms with van der Waals surface area (Å²) < 4.78 is 0. The number of carbonyl (C=O) groups excluding carboxylic acids is 3. The molecule has 0 aromatic heterocycles. The molecule has 3 atom stereocenters. The van der Waals surface area contributed by atoms with Gasteiger partial charge in [0.15, 0.2) is 0 Å². The van der Waals surface area contributed by atoms with E-state index in [0.29, 0.717) is 30.6 Å². The molecule has 3 aliphatic heterocycles. The van der Waals surface area contributed by atoms with E-state index in [1.807, 2.05) is 12.1 Å². The number of nitrogens with one attached hydrogen (secondary N) is 2. The van der Waals surface area contributed by atoms with Gasteiger partial charge in [0.1, 0.15) is 6.04 Å². The maximum atomic E-state index is 13.0. The molecule has 1 aromatic carbocycles. The summed E-state index contributed by atoms with van der Waals surface area (Å²) >= 11 is 0. The molecule has 3 unspecified atom stereocenters. The lowest BCUT2D eigenvalue weighted by atomic mass is 9.87. The molecule has 29 heavy (non-hydrogen) atoms. The van der Waals surface area contributed by atoms with Crippen molar-refractivity contribution in [2.24, 2.45) is 0 Å². The molecular weight excluding hydrogens is 368 g/mol. The van der Waals surface area contributed by atoms with E-state index < -0.39 is 6.04 Å². The van der Waals surface area contributed by atoms with Gasteiger partial charge in [-0.25, -0.2) is 0 Å². The molecule has 0 spiro atoms. The minimum Gasteiger partial charge on any atom is -0.322 e. The second-order valence-corrected chi connectivity index (χ2v) is 8.73. The number of amides is 3. The molecule has 3 fully saturated rings. The van der Waals surface area contributed by atoms with Crippen LogP contribution < -0.4 is 10.6 Å². The quantitative estimate of drug-likeness (QED) is 0.750. The largest absolute Gasteiger partial charge is 0.322 e. The fourth-order valence-corrected chi connectivity index (χ4v) is 5.56. The van der Waals surface area contributed by atoms with E-state index in [2.05, 4.69) is 21.6 Å². The van der Waals surface area contributed by atoms with E-state index in [0.717, 1.165) is 25.2 Å². The SMILES string of the molecule is O=C1CCC(N2Cc3c(CN4CCNC5CCCCC54)cccc3C2=O)C(=O)N1. The smallest absolute Gasteiger partial charge is 0.255 e. The summed E-state index contributed by atoms with van der Waals surface area (Å²) in [4.78, 5) is 41.0. The van der Waals surface area contributed by atoms with Crippen LogP contribution in [0.3, 0.4) is 0 Å². The van der Waals surface area contributed by atoms with Crippen LogP contribution in [0.1, 0.15) is 60.0 Å². The molecule has 4 aliphatic rings. The third-order valence-corrected chi connectivity index (χ3v) is 7.06. The molecule has 7 heteroatoms. The van der Waals surface area contributed by atoms with Crippen LogP contribution in [0.25, 0.3) is 0 Å². The normalized spacial score (nSPS) is 30.1. The summed E-state index contributed by atoms with van der Waals surface area (Å²) in [6, 6.07) is 6.55. The molecule has 1 aliphatic carbocycles. The molecule has 7 nitrogen and oxygen atoms in total. The Kier molecular flexibility index (Phi) is 4.87. The zero-order chi connectivity index (χ0) is 20.0. The van der Waals surface area contributed by atoms with Gasteiger partial charge in [-0.1, -0.05) is 25.0 Å². The van der Waals surface area contributed by atoms with Crippen molar-refractivity contribution in [2.45, 2.75) is 69.7 Å². The first kappa shape index (κ1) is 18.8. The minimum atomic E-state index is -0.553. The Morgan fingerprint density at radius 1 is 1.07 bits per heavy atom. The molecule has 2 saturated heterocycles. The topological polar surface area (TPSA) is 81.8 Å². The monoisotopic (exact) mass is 396 g/mol. The van der Waals surface area contributed by atoms with E-state index >= 15 is 0 Å². The van der Waals surface area contributed by atoms with Crippen molar-refractivity contribution in [1.82, 2.24) is 20.4 Å². The van der Waals surface area contributed by atoms with E-state index in [4.69, 9.17) is 0 Å². The third-order valence-electron chi connectivity index (χ3n) is 7.06. The molecule has 0 bridgehead atoms. The maximum Gasteiger partial charge on any atom is 0.255 e. The van der Waals surface area contributed by atoms with Crippen LogP contribution in [0.5, 0.6) is 0 Å². The van der Waals surface area contributed by atoms with E-state index in [-0.39, 0.29) is 24.1 Å². The number of piperazine rings is 1. The second-order valence-electron chi connectivity index (χ2n) is 8.73. The Hall–Kier alpha value is -2.25. The molecule has 2 N–H and O–H groups in total. The van der Waals surface area contributed by atoms with Gasteiger partial charge in [-0.15, -0.1) is 0 Å². The van der Waals surface area contributed by atoms with Gasteiger partial charge < -0.3 is 10.2 Å². The van der Waals surface area contributed by atoms with Gasteiger partial charge in [0.05, 0.1) is 0 Å². The molecule has 3 heterocycles. The van der Waals surface area contributed by atoms with Crippen molar-refractivity contribution in [1.29, 1.82) is 0 Å². The summed E-state index contributed by atoms with van der Waals surface area (Å²) in [5.74, 6) is -0.694. The van der Waals surface area contributed by atoms with Crippen LogP contribution in [-0.4, -0.2) is 58.7 Å². The second kappa shape index (κ2) is 7.54. The highest BCUT2D eigenvalue weighted by atomic mass is 16.2. The Morgan fingerprint density at radius 2 is 1.93 bits per heavy atom. The molecule has 3 amide bonds.